The van der Waals surface area contributed by atoms with Crippen LogP contribution in [0.25, 0.3) is 0 Å². The standard InChI is InChI=1S/C25H22Cl2N4O4/c1-15-5-3-6-16(2)23(15)30-24(33)25(34)31-28-13-17-7-4-8-19(11-17)35-14-22(32)29-18-9-10-20(26)21(27)12-18/h3-13H,14H2,1-2H3,(H,29,32)(H,30,33)(H,31,34)/b28-13-. The van der Waals surface area contributed by atoms with Gasteiger partial charge in [-0.3, -0.25) is 14.4 Å². The first kappa shape index (κ1) is 25.7. The fourth-order valence-electron chi connectivity index (χ4n) is 3.00. The zero-order valence-corrected chi connectivity index (χ0v) is 20.4. The first-order valence-electron chi connectivity index (χ1n) is 10.4. The predicted octanol–water partition coefficient (Wildman–Crippen LogP) is 4.72. The number of hydrogen-bond donors (Lipinski definition) is 3. The SMILES string of the molecule is Cc1cccc(C)c1NC(=O)C(=O)N/N=C\c1cccc(OCC(=O)Nc2ccc(Cl)c(Cl)c2)c1. The number of nitrogens with one attached hydrogen (secondary N) is 3. The fraction of sp³-hybridized carbons (Fsp3) is 0.120. The van der Waals surface area contributed by atoms with Gasteiger partial charge in [0.1, 0.15) is 5.75 Å². The highest BCUT2D eigenvalue weighted by atomic mass is 35.5. The van der Waals surface area contributed by atoms with Gasteiger partial charge < -0.3 is 15.4 Å². The largest absolute Gasteiger partial charge is 0.484 e. The third kappa shape index (κ3) is 7.56. The summed E-state index contributed by atoms with van der Waals surface area (Å²) in [5.74, 6) is -1.71. The lowest BCUT2D eigenvalue weighted by atomic mass is 10.1. The molecule has 8 nitrogen and oxygen atoms in total. The number of nitrogens with zero attached hydrogens (tertiary/aromatic N) is 1. The predicted molar refractivity (Wildman–Crippen MR) is 137 cm³/mol. The van der Waals surface area contributed by atoms with Crippen molar-refractivity contribution in [2.75, 3.05) is 17.2 Å². The van der Waals surface area contributed by atoms with E-state index in [1.165, 1.54) is 12.3 Å². The Bertz CT molecular complexity index is 1270. The fourth-order valence-corrected chi connectivity index (χ4v) is 3.30. The molecule has 0 aliphatic carbocycles. The Labute approximate surface area is 212 Å². The summed E-state index contributed by atoms with van der Waals surface area (Å²) in [6.07, 6.45) is 1.35. The molecule has 180 valence electrons. The maximum Gasteiger partial charge on any atom is 0.329 e. The molecule has 0 aliphatic heterocycles. The van der Waals surface area contributed by atoms with Crippen molar-refractivity contribution in [2.24, 2.45) is 5.10 Å². The molecule has 0 heterocycles. The molecule has 3 rings (SSSR count). The van der Waals surface area contributed by atoms with Crippen LogP contribution >= 0.6 is 23.2 Å². The van der Waals surface area contributed by atoms with Crippen LogP contribution in [0.3, 0.4) is 0 Å². The third-order valence-electron chi connectivity index (χ3n) is 4.74. The van der Waals surface area contributed by atoms with E-state index in [9.17, 15) is 14.4 Å². The van der Waals surface area contributed by atoms with E-state index in [4.69, 9.17) is 27.9 Å². The van der Waals surface area contributed by atoms with Crippen LogP contribution in [0.1, 0.15) is 16.7 Å². The topological polar surface area (TPSA) is 109 Å². The van der Waals surface area contributed by atoms with Crippen molar-refractivity contribution in [3.8, 4) is 5.75 Å². The minimum atomic E-state index is -0.907. The average molecular weight is 513 g/mol. The Morgan fingerprint density at radius 3 is 2.31 bits per heavy atom. The highest BCUT2D eigenvalue weighted by Crippen LogP contribution is 2.25. The second-order valence-electron chi connectivity index (χ2n) is 7.46. The van der Waals surface area contributed by atoms with Gasteiger partial charge in [-0.1, -0.05) is 53.5 Å². The highest BCUT2D eigenvalue weighted by molar-refractivity contribution is 6.42. The molecule has 35 heavy (non-hydrogen) atoms. The molecule has 3 amide bonds. The molecule has 0 aromatic heterocycles. The van der Waals surface area contributed by atoms with E-state index in [1.807, 2.05) is 32.0 Å². The minimum Gasteiger partial charge on any atom is -0.484 e. The van der Waals surface area contributed by atoms with E-state index in [-0.39, 0.29) is 12.5 Å². The molecule has 0 atom stereocenters. The van der Waals surface area contributed by atoms with Gasteiger partial charge in [-0.15, -0.1) is 0 Å². The maximum absolute atomic E-state index is 12.2. The number of rotatable bonds is 7. The van der Waals surface area contributed by atoms with Crippen molar-refractivity contribution < 1.29 is 19.1 Å². The Hall–Kier alpha value is -3.88. The number of carbonyl (C=O) groups excluding carboxylic acids is 3. The van der Waals surface area contributed by atoms with Crippen LogP contribution in [-0.2, 0) is 14.4 Å². The van der Waals surface area contributed by atoms with Gasteiger partial charge in [0.05, 0.1) is 16.3 Å². The number of halogens is 2. The lowest BCUT2D eigenvalue weighted by Gasteiger charge is -2.10. The monoisotopic (exact) mass is 512 g/mol. The number of carbonyl (C=O) groups is 3. The van der Waals surface area contributed by atoms with Crippen molar-refractivity contribution in [1.82, 2.24) is 5.43 Å². The molecular formula is C25H22Cl2N4O4. The molecule has 0 saturated carbocycles. The number of ether oxygens (including phenoxy) is 1. The first-order valence-corrected chi connectivity index (χ1v) is 11.2. The second-order valence-corrected chi connectivity index (χ2v) is 8.27. The minimum absolute atomic E-state index is 0.240. The summed E-state index contributed by atoms with van der Waals surface area (Å²) in [6.45, 7) is 3.44. The van der Waals surface area contributed by atoms with Gasteiger partial charge in [0, 0.05) is 11.4 Å². The molecule has 10 heteroatoms. The zero-order chi connectivity index (χ0) is 25.4. The number of para-hydroxylation sites is 1. The number of aryl methyl sites for hydroxylation is 2. The number of anilines is 2. The van der Waals surface area contributed by atoms with E-state index in [0.717, 1.165) is 11.1 Å². The van der Waals surface area contributed by atoms with E-state index >= 15 is 0 Å². The van der Waals surface area contributed by atoms with Gasteiger partial charge in [0.25, 0.3) is 5.91 Å². The van der Waals surface area contributed by atoms with Crippen molar-refractivity contribution >= 4 is 58.5 Å². The van der Waals surface area contributed by atoms with Crippen LogP contribution in [-0.4, -0.2) is 30.5 Å². The molecule has 3 N–H and O–H groups in total. The summed E-state index contributed by atoms with van der Waals surface area (Å²) < 4.78 is 5.50. The van der Waals surface area contributed by atoms with Crippen LogP contribution < -0.4 is 20.8 Å². The number of benzene rings is 3. The lowest BCUT2D eigenvalue weighted by Crippen LogP contribution is -2.32. The quantitative estimate of drug-likeness (QED) is 0.241. The number of amides is 3. The smallest absolute Gasteiger partial charge is 0.329 e. The first-order chi connectivity index (χ1) is 16.7. The zero-order valence-electron chi connectivity index (χ0n) is 18.9. The van der Waals surface area contributed by atoms with Gasteiger partial charge in [-0.25, -0.2) is 5.43 Å². The van der Waals surface area contributed by atoms with Crippen LogP contribution in [0.2, 0.25) is 10.0 Å². The van der Waals surface area contributed by atoms with Gasteiger partial charge >= 0.3 is 11.8 Å². The molecule has 0 bridgehead atoms. The normalized spacial score (nSPS) is 10.6. The molecule has 3 aromatic rings. The number of hydrazone groups is 1. The van der Waals surface area contributed by atoms with Gasteiger partial charge in [-0.05, 0) is 60.9 Å². The molecule has 3 aromatic carbocycles. The van der Waals surface area contributed by atoms with Gasteiger partial charge in [0.15, 0.2) is 6.61 Å². The lowest BCUT2D eigenvalue weighted by molar-refractivity contribution is -0.136. The van der Waals surface area contributed by atoms with Crippen LogP contribution in [0, 0.1) is 13.8 Å². The van der Waals surface area contributed by atoms with Gasteiger partial charge in [-0.2, -0.15) is 5.10 Å². The van der Waals surface area contributed by atoms with E-state index in [1.54, 1.807) is 36.4 Å². The van der Waals surface area contributed by atoms with Crippen LogP contribution in [0.15, 0.2) is 65.8 Å². The van der Waals surface area contributed by atoms with Gasteiger partial charge in [0.2, 0.25) is 0 Å². The van der Waals surface area contributed by atoms with E-state index in [0.29, 0.717) is 32.7 Å². The Balaban J connectivity index is 1.50. The van der Waals surface area contributed by atoms with E-state index in [2.05, 4.69) is 21.2 Å². The Kier molecular flexibility index (Phi) is 8.83. The Morgan fingerprint density at radius 2 is 1.60 bits per heavy atom. The van der Waals surface area contributed by atoms with Crippen molar-refractivity contribution in [3.05, 3.63) is 87.4 Å². The molecule has 0 aliphatic rings. The van der Waals surface area contributed by atoms with E-state index < -0.39 is 11.8 Å². The summed E-state index contributed by atoms with van der Waals surface area (Å²) in [4.78, 5) is 36.4. The molecule has 0 unspecified atom stereocenters. The summed E-state index contributed by atoms with van der Waals surface area (Å²) >= 11 is 11.8. The number of hydrogen-bond acceptors (Lipinski definition) is 5. The third-order valence-corrected chi connectivity index (χ3v) is 5.48. The summed E-state index contributed by atoms with van der Waals surface area (Å²) in [6, 6.07) is 17.0. The Morgan fingerprint density at radius 1 is 0.886 bits per heavy atom. The molecule has 0 spiro atoms. The maximum atomic E-state index is 12.2. The average Bonchev–Trinajstić information content (AvgIpc) is 2.82. The van der Waals surface area contributed by atoms with Crippen LogP contribution in [0.4, 0.5) is 11.4 Å². The molecule has 0 fully saturated rings. The van der Waals surface area contributed by atoms with Crippen LogP contribution in [0.5, 0.6) is 5.75 Å². The molecule has 0 radical (unpaired) electrons. The summed E-state index contributed by atoms with van der Waals surface area (Å²) in [5.41, 5.74) is 5.54. The van der Waals surface area contributed by atoms with Crippen molar-refractivity contribution in [2.45, 2.75) is 13.8 Å². The summed E-state index contributed by atoms with van der Waals surface area (Å²) in [7, 11) is 0. The molecular weight excluding hydrogens is 491 g/mol. The molecule has 0 saturated heterocycles. The second kappa shape index (κ2) is 12.0. The summed E-state index contributed by atoms with van der Waals surface area (Å²) in [5, 5.41) is 9.77. The van der Waals surface area contributed by atoms with Crippen molar-refractivity contribution in [3.63, 3.8) is 0 Å². The van der Waals surface area contributed by atoms with Crippen molar-refractivity contribution in [1.29, 1.82) is 0 Å². The highest BCUT2D eigenvalue weighted by Gasteiger charge is 2.15.